The molecule has 0 bridgehead atoms. The molecule has 34 heavy (non-hydrogen) atoms. The van der Waals surface area contributed by atoms with Crippen molar-refractivity contribution < 1.29 is 9.72 Å². The summed E-state index contributed by atoms with van der Waals surface area (Å²) < 4.78 is 0. The number of nitro benzene ring substituents is 1. The highest BCUT2D eigenvalue weighted by molar-refractivity contribution is 5.99. The Bertz CT molecular complexity index is 1010. The molecular weight excluding hydrogens is 430 g/mol. The zero-order chi connectivity index (χ0) is 24.1. The molecule has 0 aliphatic carbocycles. The number of nitro groups is 1. The van der Waals surface area contributed by atoms with Gasteiger partial charge in [0.25, 0.3) is 11.6 Å². The van der Waals surface area contributed by atoms with Gasteiger partial charge in [0, 0.05) is 69.3 Å². The molecular formula is C26H35N5O3. The highest BCUT2D eigenvalue weighted by atomic mass is 16.6. The molecule has 0 saturated carbocycles. The van der Waals surface area contributed by atoms with Crippen LogP contribution in [0, 0.1) is 17.0 Å². The molecule has 2 aromatic carbocycles. The maximum absolute atomic E-state index is 12.9. The van der Waals surface area contributed by atoms with Crippen molar-refractivity contribution in [3.63, 3.8) is 0 Å². The maximum Gasteiger partial charge on any atom is 0.282 e. The van der Waals surface area contributed by atoms with Gasteiger partial charge in [0.05, 0.1) is 4.92 Å². The van der Waals surface area contributed by atoms with Crippen LogP contribution in [0.3, 0.4) is 0 Å². The third kappa shape index (κ3) is 5.86. The largest absolute Gasteiger partial charge is 0.383 e. The maximum atomic E-state index is 12.9. The second-order valence-electron chi connectivity index (χ2n) is 9.49. The van der Waals surface area contributed by atoms with Gasteiger partial charge in [-0.15, -0.1) is 0 Å². The summed E-state index contributed by atoms with van der Waals surface area (Å²) in [6.45, 7) is 10.7. The van der Waals surface area contributed by atoms with Crippen LogP contribution in [0.2, 0.25) is 0 Å². The van der Waals surface area contributed by atoms with Gasteiger partial charge in [-0.3, -0.25) is 19.8 Å². The van der Waals surface area contributed by atoms with Gasteiger partial charge < -0.3 is 15.1 Å². The van der Waals surface area contributed by atoms with E-state index in [0.29, 0.717) is 13.1 Å². The van der Waals surface area contributed by atoms with Crippen molar-refractivity contribution in [3.05, 3.63) is 63.7 Å². The van der Waals surface area contributed by atoms with Crippen LogP contribution in [0.5, 0.6) is 0 Å². The lowest BCUT2D eigenvalue weighted by molar-refractivity contribution is -0.385. The molecule has 0 radical (unpaired) electrons. The van der Waals surface area contributed by atoms with E-state index in [0.717, 1.165) is 57.7 Å². The topological polar surface area (TPSA) is 82.0 Å². The first-order chi connectivity index (χ1) is 16.4. The normalized spacial score (nSPS) is 17.6. The molecule has 1 N–H and O–H groups in total. The molecule has 2 saturated heterocycles. The molecule has 8 heteroatoms. The van der Waals surface area contributed by atoms with Crippen LogP contribution in [0.15, 0.2) is 42.5 Å². The lowest BCUT2D eigenvalue weighted by atomic mass is 10.1. The average molecular weight is 466 g/mol. The third-order valence-electron chi connectivity index (χ3n) is 6.85. The van der Waals surface area contributed by atoms with E-state index in [1.165, 1.54) is 17.3 Å². The summed E-state index contributed by atoms with van der Waals surface area (Å²) in [4.78, 5) is 30.5. The number of nitrogens with zero attached hydrogens (tertiary/aromatic N) is 4. The fourth-order valence-corrected chi connectivity index (χ4v) is 4.83. The van der Waals surface area contributed by atoms with Crippen molar-refractivity contribution in [3.8, 4) is 0 Å². The molecule has 8 nitrogen and oxygen atoms in total. The van der Waals surface area contributed by atoms with Gasteiger partial charge in [-0.2, -0.15) is 0 Å². The van der Waals surface area contributed by atoms with Gasteiger partial charge in [0.2, 0.25) is 0 Å². The monoisotopic (exact) mass is 465 g/mol. The van der Waals surface area contributed by atoms with Crippen LogP contribution in [-0.4, -0.2) is 72.5 Å². The van der Waals surface area contributed by atoms with Gasteiger partial charge in [-0.05, 0) is 62.9 Å². The quantitative estimate of drug-likeness (QED) is 0.466. The van der Waals surface area contributed by atoms with Crippen molar-refractivity contribution in [2.45, 2.75) is 39.2 Å². The van der Waals surface area contributed by atoms with E-state index in [2.05, 4.69) is 53.2 Å². The average Bonchev–Trinajstić information content (AvgIpc) is 3.37. The van der Waals surface area contributed by atoms with Crippen molar-refractivity contribution in [1.82, 2.24) is 9.80 Å². The lowest BCUT2D eigenvalue weighted by Crippen LogP contribution is -2.47. The smallest absolute Gasteiger partial charge is 0.282 e. The number of nitrogens with one attached hydrogen (secondary N) is 1. The molecule has 2 aromatic rings. The molecule has 2 aliphatic heterocycles. The van der Waals surface area contributed by atoms with E-state index in [1.54, 1.807) is 17.0 Å². The number of anilines is 2. The van der Waals surface area contributed by atoms with E-state index in [9.17, 15) is 14.9 Å². The van der Waals surface area contributed by atoms with Crippen LogP contribution in [0.4, 0.5) is 17.1 Å². The molecule has 1 amide bonds. The molecule has 0 aromatic heterocycles. The Labute approximate surface area is 201 Å². The number of rotatable bonds is 8. The number of aryl methyl sites for hydroxylation is 1. The second-order valence-corrected chi connectivity index (χ2v) is 9.49. The van der Waals surface area contributed by atoms with Crippen molar-refractivity contribution in [2.75, 3.05) is 56.0 Å². The number of hydrogen-bond donors (Lipinski definition) is 1. The first-order valence-electron chi connectivity index (χ1n) is 12.3. The van der Waals surface area contributed by atoms with Gasteiger partial charge in [-0.25, -0.2) is 0 Å². The van der Waals surface area contributed by atoms with E-state index in [-0.39, 0.29) is 23.2 Å². The molecule has 2 aliphatic rings. The Balaban J connectivity index is 1.30. The summed E-state index contributed by atoms with van der Waals surface area (Å²) in [6.07, 6.45) is 2.86. The first-order valence-corrected chi connectivity index (χ1v) is 12.3. The molecule has 2 fully saturated rings. The Morgan fingerprint density at radius 1 is 1.06 bits per heavy atom. The van der Waals surface area contributed by atoms with Gasteiger partial charge in [-0.1, -0.05) is 12.1 Å². The van der Waals surface area contributed by atoms with E-state index >= 15 is 0 Å². The number of benzene rings is 2. The van der Waals surface area contributed by atoms with E-state index < -0.39 is 4.92 Å². The number of amides is 1. The predicted octanol–water partition coefficient (Wildman–Crippen LogP) is 4.15. The van der Waals surface area contributed by atoms with Crippen LogP contribution < -0.4 is 10.2 Å². The Hall–Kier alpha value is -3.13. The summed E-state index contributed by atoms with van der Waals surface area (Å²) in [5, 5.41) is 14.9. The van der Waals surface area contributed by atoms with Gasteiger partial charge in [0.1, 0.15) is 5.56 Å². The summed E-state index contributed by atoms with van der Waals surface area (Å²) in [5.74, 6) is -0.244. The van der Waals surface area contributed by atoms with Crippen LogP contribution in [0.25, 0.3) is 0 Å². The minimum atomic E-state index is -0.465. The number of likely N-dealkylation sites (tertiary alicyclic amines) is 1. The molecule has 1 atom stereocenters. The zero-order valence-electron chi connectivity index (χ0n) is 20.2. The Kier molecular flexibility index (Phi) is 7.67. The second kappa shape index (κ2) is 10.9. The van der Waals surface area contributed by atoms with E-state index in [4.69, 9.17) is 0 Å². The van der Waals surface area contributed by atoms with Gasteiger partial charge >= 0.3 is 0 Å². The fourth-order valence-electron chi connectivity index (χ4n) is 4.83. The van der Waals surface area contributed by atoms with Crippen molar-refractivity contribution in [2.24, 2.45) is 0 Å². The third-order valence-corrected chi connectivity index (χ3v) is 6.85. The van der Waals surface area contributed by atoms with Crippen molar-refractivity contribution >= 4 is 23.0 Å². The number of piperazine rings is 1. The molecule has 182 valence electrons. The molecule has 1 unspecified atom stereocenters. The Morgan fingerprint density at radius 3 is 2.47 bits per heavy atom. The summed E-state index contributed by atoms with van der Waals surface area (Å²) in [5.41, 5.74) is 3.39. The fraction of sp³-hybridized carbons (Fsp3) is 0.500. The van der Waals surface area contributed by atoms with Crippen molar-refractivity contribution in [1.29, 1.82) is 0 Å². The summed E-state index contributed by atoms with van der Waals surface area (Å²) in [6, 6.07) is 13.7. The van der Waals surface area contributed by atoms with Crippen LogP contribution >= 0.6 is 0 Å². The highest BCUT2D eigenvalue weighted by Crippen LogP contribution is 2.26. The predicted molar refractivity (Wildman–Crippen MR) is 136 cm³/mol. The molecule has 4 rings (SSSR count). The van der Waals surface area contributed by atoms with Crippen LogP contribution in [-0.2, 0) is 0 Å². The highest BCUT2D eigenvalue weighted by Gasteiger charge is 2.27. The van der Waals surface area contributed by atoms with E-state index in [1.807, 2.05) is 0 Å². The summed E-state index contributed by atoms with van der Waals surface area (Å²) in [7, 11) is 0. The number of carbonyl (C=O) groups is 1. The number of carbonyl (C=O) groups excluding carboxylic acids is 1. The minimum Gasteiger partial charge on any atom is -0.383 e. The summed E-state index contributed by atoms with van der Waals surface area (Å²) >= 11 is 0. The SMILES string of the molecule is Cc1cccc(N2CCN(CCC(C)Nc3ccc([N+](=O)[O-])c(C(=O)N4CCCC4)c3)CC2)c1. The standard InChI is InChI=1S/C26H35N5O3/c1-20-6-5-7-23(18-20)29-16-14-28(15-17-29)13-10-21(2)27-22-8-9-25(31(33)34)24(19-22)26(32)30-11-3-4-12-30/h5-9,18-19,21,27H,3-4,10-17H2,1-2H3. The molecule has 0 spiro atoms. The lowest BCUT2D eigenvalue weighted by Gasteiger charge is -2.36. The first kappa shape index (κ1) is 24.0. The Morgan fingerprint density at radius 2 is 1.79 bits per heavy atom. The van der Waals surface area contributed by atoms with Crippen LogP contribution in [0.1, 0.15) is 42.1 Å². The zero-order valence-corrected chi connectivity index (χ0v) is 20.2. The molecule has 2 heterocycles. The number of hydrogen-bond acceptors (Lipinski definition) is 6. The minimum absolute atomic E-state index is 0.124. The van der Waals surface area contributed by atoms with Gasteiger partial charge in [0.15, 0.2) is 0 Å².